The number of esters is 1. The Labute approximate surface area is 199 Å². The molecule has 3 aliphatic rings. The molecule has 34 heavy (non-hydrogen) atoms. The Morgan fingerprint density at radius 1 is 1.18 bits per heavy atom. The molecule has 0 radical (unpaired) electrons. The predicted molar refractivity (Wildman–Crippen MR) is 124 cm³/mol. The Kier molecular flexibility index (Phi) is 7.21. The van der Waals surface area contributed by atoms with Crippen molar-refractivity contribution in [2.45, 2.75) is 45.7 Å². The lowest BCUT2D eigenvalue weighted by Gasteiger charge is -2.43. The summed E-state index contributed by atoms with van der Waals surface area (Å²) in [6.07, 6.45) is 1.94. The zero-order chi connectivity index (χ0) is 24.4. The number of hydrogen-bond acceptors (Lipinski definition) is 5. The van der Waals surface area contributed by atoms with Gasteiger partial charge in [0.2, 0.25) is 5.91 Å². The molecule has 0 aromatic heterocycles. The zero-order valence-electron chi connectivity index (χ0n) is 20.1. The van der Waals surface area contributed by atoms with E-state index < -0.39 is 17.8 Å². The van der Waals surface area contributed by atoms with E-state index in [1.54, 1.807) is 25.1 Å². The van der Waals surface area contributed by atoms with Gasteiger partial charge in [-0.15, -0.1) is 0 Å². The van der Waals surface area contributed by atoms with Crippen LogP contribution in [0.25, 0.3) is 0 Å². The molecular formula is C25H33FN4O4. The van der Waals surface area contributed by atoms with Gasteiger partial charge >= 0.3 is 12.0 Å². The number of urea groups is 1. The fraction of sp³-hybridized carbons (Fsp3) is 0.560. The van der Waals surface area contributed by atoms with Gasteiger partial charge in [0.05, 0.1) is 18.2 Å². The van der Waals surface area contributed by atoms with Crippen molar-refractivity contribution in [3.63, 3.8) is 0 Å². The number of halogens is 1. The maximum absolute atomic E-state index is 14.7. The summed E-state index contributed by atoms with van der Waals surface area (Å²) < 4.78 is 20.1. The van der Waals surface area contributed by atoms with Crippen LogP contribution < -0.4 is 5.32 Å². The Balaban J connectivity index is 1.67. The van der Waals surface area contributed by atoms with Crippen LogP contribution in [0.2, 0.25) is 0 Å². The molecule has 1 aromatic carbocycles. The third-order valence-electron chi connectivity index (χ3n) is 6.76. The van der Waals surface area contributed by atoms with Crippen molar-refractivity contribution in [2.24, 2.45) is 5.92 Å². The number of ether oxygens (including phenoxy) is 1. The Hall–Kier alpha value is -2.94. The molecule has 1 aliphatic carbocycles. The van der Waals surface area contributed by atoms with Crippen LogP contribution in [-0.4, -0.2) is 78.0 Å². The molecule has 1 saturated heterocycles. The third kappa shape index (κ3) is 4.80. The van der Waals surface area contributed by atoms with E-state index in [0.717, 1.165) is 12.8 Å². The van der Waals surface area contributed by atoms with Crippen LogP contribution >= 0.6 is 0 Å². The van der Waals surface area contributed by atoms with E-state index in [4.69, 9.17) is 4.74 Å². The van der Waals surface area contributed by atoms with Crippen LogP contribution in [0.1, 0.15) is 45.2 Å². The number of nitrogens with zero attached hydrogens (tertiary/aromatic N) is 3. The van der Waals surface area contributed by atoms with Crippen molar-refractivity contribution in [2.75, 3.05) is 39.3 Å². The molecule has 4 rings (SSSR count). The van der Waals surface area contributed by atoms with Gasteiger partial charge in [0.15, 0.2) is 0 Å². The van der Waals surface area contributed by atoms with Crippen molar-refractivity contribution >= 4 is 17.9 Å². The van der Waals surface area contributed by atoms with Crippen molar-refractivity contribution in [3.05, 3.63) is 46.9 Å². The summed E-state index contributed by atoms with van der Waals surface area (Å²) in [5.41, 5.74) is 0.991. The molecule has 1 N–H and O–H groups in total. The first-order chi connectivity index (χ1) is 16.3. The lowest BCUT2D eigenvalue weighted by atomic mass is 9.93. The van der Waals surface area contributed by atoms with Gasteiger partial charge in [0.1, 0.15) is 5.82 Å². The quantitative estimate of drug-likeness (QED) is 0.617. The number of hydrogen-bond donors (Lipinski definition) is 1. The molecule has 0 spiro atoms. The summed E-state index contributed by atoms with van der Waals surface area (Å²) in [7, 11) is 0. The molecule has 3 amide bonds. The maximum Gasteiger partial charge on any atom is 0.338 e. The SMILES string of the molecule is CCOC(=O)C1=C(CN2CCN(C(=O)C3CC3)[C@@H](C)C2)N(CC)C(=O)N[C@@H]1c1ccccc1F. The second-order valence-corrected chi connectivity index (χ2v) is 9.12. The highest BCUT2D eigenvalue weighted by Gasteiger charge is 2.41. The highest BCUT2D eigenvalue weighted by Crippen LogP contribution is 2.34. The molecule has 0 unspecified atom stereocenters. The smallest absolute Gasteiger partial charge is 0.338 e. The summed E-state index contributed by atoms with van der Waals surface area (Å²) in [6.45, 7) is 8.29. The number of carbonyl (C=O) groups excluding carboxylic acids is 3. The van der Waals surface area contributed by atoms with Crippen LogP contribution in [-0.2, 0) is 14.3 Å². The highest BCUT2D eigenvalue weighted by atomic mass is 19.1. The first-order valence-electron chi connectivity index (χ1n) is 12.1. The largest absolute Gasteiger partial charge is 0.463 e. The molecule has 184 valence electrons. The lowest BCUT2D eigenvalue weighted by Crippen LogP contribution is -2.56. The number of nitrogens with one attached hydrogen (secondary N) is 1. The fourth-order valence-electron chi connectivity index (χ4n) is 4.88. The number of benzene rings is 1. The monoisotopic (exact) mass is 472 g/mol. The second-order valence-electron chi connectivity index (χ2n) is 9.12. The Morgan fingerprint density at radius 3 is 2.53 bits per heavy atom. The number of amides is 3. The molecule has 2 atom stereocenters. The standard InChI is InChI=1S/C25H33FN4O4/c1-4-29-20(15-28-12-13-30(16(3)14-28)23(31)17-10-11-17)21(24(32)34-5-2)22(27-25(29)33)18-8-6-7-9-19(18)26/h6-9,16-17,22H,4-5,10-15H2,1-3H3,(H,27,33)/t16-,22+/m0/s1. The molecule has 2 fully saturated rings. The summed E-state index contributed by atoms with van der Waals surface area (Å²) >= 11 is 0. The van der Waals surface area contributed by atoms with E-state index in [9.17, 15) is 18.8 Å². The predicted octanol–water partition coefficient (Wildman–Crippen LogP) is 2.67. The molecule has 9 heteroatoms. The molecule has 2 heterocycles. The first kappa shape index (κ1) is 24.2. The molecule has 0 bridgehead atoms. The molecule has 1 aromatic rings. The number of piperazine rings is 1. The highest BCUT2D eigenvalue weighted by molar-refractivity contribution is 5.95. The Morgan fingerprint density at radius 2 is 1.91 bits per heavy atom. The average molecular weight is 473 g/mol. The summed E-state index contributed by atoms with van der Waals surface area (Å²) in [5.74, 6) is -0.670. The summed E-state index contributed by atoms with van der Waals surface area (Å²) in [5, 5.41) is 2.80. The van der Waals surface area contributed by atoms with Gasteiger partial charge in [0, 0.05) is 55.9 Å². The van der Waals surface area contributed by atoms with E-state index in [-0.39, 0.29) is 41.6 Å². The second kappa shape index (κ2) is 10.1. The van der Waals surface area contributed by atoms with Crippen LogP contribution in [0.5, 0.6) is 0 Å². The van der Waals surface area contributed by atoms with Gasteiger partial charge in [0.25, 0.3) is 0 Å². The minimum atomic E-state index is -0.944. The molecular weight excluding hydrogens is 439 g/mol. The summed E-state index contributed by atoms with van der Waals surface area (Å²) in [4.78, 5) is 44.4. The summed E-state index contributed by atoms with van der Waals surface area (Å²) in [6, 6.07) is 4.84. The van der Waals surface area contributed by atoms with Gasteiger partial charge in [-0.2, -0.15) is 0 Å². The van der Waals surface area contributed by atoms with Crippen molar-refractivity contribution < 1.29 is 23.5 Å². The van der Waals surface area contributed by atoms with E-state index in [0.29, 0.717) is 38.4 Å². The van der Waals surface area contributed by atoms with Gasteiger partial charge < -0.3 is 15.0 Å². The van der Waals surface area contributed by atoms with Gasteiger partial charge in [-0.1, -0.05) is 18.2 Å². The normalized spacial score (nSPS) is 23.7. The maximum atomic E-state index is 14.7. The van der Waals surface area contributed by atoms with Gasteiger partial charge in [-0.25, -0.2) is 14.0 Å². The van der Waals surface area contributed by atoms with E-state index in [2.05, 4.69) is 10.2 Å². The van der Waals surface area contributed by atoms with E-state index in [1.807, 2.05) is 18.7 Å². The van der Waals surface area contributed by atoms with Crippen molar-refractivity contribution in [1.82, 2.24) is 20.0 Å². The fourth-order valence-corrected chi connectivity index (χ4v) is 4.88. The Bertz CT molecular complexity index is 993. The minimum Gasteiger partial charge on any atom is -0.463 e. The first-order valence-corrected chi connectivity index (χ1v) is 12.1. The average Bonchev–Trinajstić information content (AvgIpc) is 3.65. The molecule has 2 aliphatic heterocycles. The number of carbonyl (C=O) groups is 3. The van der Waals surface area contributed by atoms with Crippen LogP contribution in [0.4, 0.5) is 9.18 Å². The topological polar surface area (TPSA) is 82.2 Å². The van der Waals surface area contributed by atoms with Crippen LogP contribution in [0.15, 0.2) is 35.5 Å². The van der Waals surface area contributed by atoms with E-state index in [1.165, 1.54) is 11.0 Å². The number of rotatable bonds is 7. The van der Waals surface area contributed by atoms with Crippen LogP contribution in [0, 0.1) is 11.7 Å². The van der Waals surface area contributed by atoms with Crippen LogP contribution in [0.3, 0.4) is 0 Å². The lowest BCUT2D eigenvalue weighted by molar-refractivity contribution is -0.139. The molecule has 1 saturated carbocycles. The van der Waals surface area contributed by atoms with Gasteiger partial charge in [-0.3, -0.25) is 14.6 Å². The van der Waals surface area contributed by atoms with Crippen molar-refractivity contribution in [3.8, 4) is 0 Å². The van der Waals surface area contributed by atoms with Crippen molar-refractivity contribution in [1.29, 1.82) is 0 Å². The number of likely N-dealkylation sites (N-methyl/N-ethyl adjacent to an activating group) is 1. The van der Waals surface area contributed by atoms with Gasteiger partial charge in [-0.05, 0) is 39.7 Å². The third-order valence-corrected chi connectivity index (χ3v) is 6.76. The minimum absolute atomic E-state index is 0.0309. The van der Waals surface area contributed by atoms with E-state index >= 15 is 0 Å². The zero-order valence-corrected chi connectivity index (χ0v) is 20.1. The molecule has 8 nitrogen and oxygen atoms in total.